The summed E-state index contributed by atoms with van der Waals surface area (Å²) in [6.45, 7) is 0. The van der Waals surface area contributed by atoms with Crippen molar-refractivity contribution in [3.63, 3.8) is 0 Å². The monoisotopic (exact) mass is 276 g/mol. The fourth-order valence-electron chi connectivity index (χ4n) is 0.727. The zero-order valence-corrected chi connectivity index (χ0v) is 8.75. The van der Waals surface area contributed by atoms with Gasteiger partial charge in [-0.2, -0.15) is 0 Å². The highest BCUT2D eigenvalue weighted by atomic mass is 127. The lowest BCUT2D eigenvalue weighted by Crippen LogP contribution is -2.24. The molecule has 4 heteroatoms. The largest absolute Gasteiger partial charge is 0.341 e. The first kappa shape index (κ1) is 9.31. The molecule has 2 amide bonds. The first-order valence-corrected chi connectivity index (χ1v) is 4.54. The number of benzene rings is 1. The summed E-state index contributed by atoms with van der Waals surface area (Å²) < 4.78 is 1.15. The molecule has 0 saturated heterocycles. The highest BCUT2D eigenvalue weighted by Gasteiger charge is 1.96. The molecule has 3 nitrogen and oxygen atoms in total. The summed E-state index contributed by atoms with van der Waals surface area (Å²) in [7, 11) is 1.59. The lowest BCUT2D eigenvalue weighted by molar-refractivity contribution is 0.254. The van der Waals surface area contributed by atoms with Crippen molar-refractivity contribution in [2.45, 2.75) is 0 Å². The molecule has 1 aromatic rings. The molecule has 0 saturated carbocycles. The van der Waals surface area contributed by atoms with Gasteiger partial charge in [-0.25, -0.2) is 4.79 Å². The lowest BCUT2D eigenvalue weighted by Gasteiger charge is -2.02. The fraction of sp³-hybridized carbons (Fsp3) is 0.125. The quantitative estimate of drug-likeness (QED) is 0.757. The first-order valence-electron chi connectivity index (χ1n) is 3.46. The summed E-state index contributed by atoms with van der Waals surface area (Å²) in [5, 5.41) is 5.14. The Labute approximate surface area is 84.7 Å². The van der Waals surface area contributed by atoms with Crippen LogP contribution in [-0.2, 0) is 0 Å². The highest BCUT2D eigenvalue weighted by Crippen LogP contribution is 2.10. The van der Waals surface area contributed by atoms with E-state index in [4.69, 9.17) is 0 Å². The SMILES string of the molecule is CNC(=O)Nc1ccc(I)cc1. The van der Waals surface area contributed by atoms with Crippen LogP contribution in [0.3, 0.4) is 0 Å². The summed E-state index contributed by atoms with van der Waals surface area (Å²) >= 11 is 2.21. The van der Waals surface area contributed by atoms with E-state index < -0.39 is 0 Å². The van der Waals surface area contributed by atoms with Gasteiger partial charge in [0.05, 0.1) is 0 Å². The second-order valence-electron chi connectivity index (χ2n) is 2.21. The number of hydrogen-bond donors (Lipinski definition) is 2. The third kappa shape index (κ3) is 2.69. The van der Waals surface area contributed by atoms with E-state index in [9.17, 15) is 4.79 Å². The van der Waals surface area contributed by atoms with Gasteiger partial charge in [0.25, 0.3) is 0 Å². The summed E-state index contributed by atoms with van der Waals surface area (Å²) in [5.74, 6) is 0. The van der Waals surface area contributed by atoms with E-state index in [0.717, 1.165) is 9.26 Å². The minimum Gasteiger partial charge on any atom is -0.341 e. The van der Waals surface area contributed by atoms with Gasteiger partial charge in [-0.1, -0.05) is 0 Å². The van der Waals surface area contributed by atoms with Crippen LogP contribution in [0, 0.1) is 3.57 Å². The number of amides is 2. The Kier molecular flexibility index (Phi) is 3.33. The van der Waals surface area contributed by atoms with E-state index >= 15 is 0 Å². The molecule has 0 bridgehead atoms. The van der Waals surface area contributed by atoms with Crippen molar-refractivity contribution in [1.82, 2.24) is 5.32 Å². The Morgan fingerprint density at radius 3 is 2.42 bits per heavy atom. The van der Waals surface area contributed by atoms with Crippen molar-refractivity contribution in [3.05, 3.63) is 27.8 Å². The Morgan fingerprint density at radius 1 is 1.33 bits per heavy atom. The molecule has 0 aliphatic heterocycles. The third-order valence-corrected chi connectivity index (χ3v) is 2.05. The molecule has 0 aliphatic rings. The smallest absolute Gasteiger partial charge is 0.318 e. The Balaban J connectivity index is 2.64. The zero-order chi connectivity index (χ0) is 8.97. The van der Waals surface area contributed by atoms with Crippen molar-refractivity contribution in [2.75, 3.05) is 12.4 Å². The van der Waals surface area contributed by atoms with Crippen LogP contribution in [0.1, 0.15) is 0 Å². The second-order valence-corrected chi connectivity index (χ2v) is 3.46. The molecule has 0 aromatic heterocycles. The van der Waals surface area contributed by atoms with Crippen LogP contribution < -0.4 is 10.6 Å². The van der Waals surface area contributed by atoms with Gasteiger partial charge in [0.15, 0.2) is 0 Å². The molecule has 64 valence electrons. The maximum atomic E-state index is 10.8. The van der Waals surface area contributed by atoms with E-state index in [1.165, 1.54) is 0 Å². The van der Waals surface area contributed by atoms with Gasteiger partial charge in [-0.05, 0) is 46.9 Å². The van der Waals surface area contributed by atoms with Gasteiger partial charge in [0, 0.05) is 16.3 Å². The Bertz CT molecular complexity index is 271. The number of rotatable bonds is 1. The maximum Gasteiger partial charge on any atom is 0.318 e. The first-order chi connectivity index (χ1) is 5.72. The molecule has 0 atom stereocenters. The van der Waals surface area contributed by atoms with Gasteiger partial charge in [-0.3, -0.25) is 0 Å². The molecule has 0 heterocycles. The van der Waals surface area contributed by atoms with E-state index in [1.807, 2.05) is 24.3 Å². The normalized spacial score (nSPS) is 9.17. The number of halogens is 1. The van der Waals surface area contributed by atoms with E-state index in [1.54, 1.807) is 7.05 Å². The molecule has 1 rings (SSSR count). The second kappa shape index (κ2) is 4.30. The summed E-state index contributed by atoms with van der Waals surface area (Å²) in [6.07, 6.45) is 0. The van der Waals surface area contributed by atoms with Crippen molar-refractivity contribution in [1.29, 1.82) is 0 Å². The lowest BCUT2D eigenvalue weighted by atomic mass is 10.3. The topological polar surface area (TPSA) is 41.1 Å². The fourth-order valence-corrected chi connectivity index (χ4v) is 1.09. The van der Waals surface area contributed by atoms with Gasteiger partial charge in [-0.15, -0.1) is 0 Å². The van der Waals surface area contributed by atoms with E-state index in [-0.39, 0.29) is 6.03 Å². The van der Waals surface area contributed by atoms with Crippen LogP contribution in [0.25, 0.3) is 0 Å². The number of nitrogens with one attached hydrogen (secondary N) is 2. The van der Waals surface area contributed by atoms with Gasteiger partial charge < -0.3 is 10.6 Å². The summed E-state index contributed by atoms with van der Waals surface area (Å²) in [6, 6.07) is 7.39. The molecule has 0 aliphatic carbocycles. The van der Waals surface area contributed by atoms with Crippen molar-refractivity contribution in [3.8, 4) is 0 Å². The molecule has 0 fully saturated rings. The predicted octanol–water partition coefficient (Wildman–Crippen LogP) is 2.04. The van der Waals surface area contributed by atoms with Crippen molar-refractivity contribution >= 4 is 34.3 Å². The van der Waals surface area contributed by atoms with Crippen LogP contribution in [0.4, 0.5) is 10.5 Å². The Hall–Kier alpha value is -0.780. The summed E-state index contributed by atoms with van der Waals surface area (Å²) in [4.78, 5) is 10.8. The van der Waals surface area contributed by atoms with E-state index in [2.05, 4.69) is 33.2 Å². The number of hydrogen-bond acceptors (Lipinski definition) is 1. The number of anilines is 1. The van der Waals surface area contributed by atoms with Crippen LogP contribution >= 0.6 is 22.6 Å². The van der Waals surface area contributed by atoms with Crippen LogP contribution in [0.5, 0.6) is 0 Å². The average Bonchev–Trinajstić information content (AvgIpc) is 2.09. The molecule has 0 radical (unpaired) electrons. The minimum atomic E-state index is -0.198. The molecular weight excluding hydrogens is 267 g/mol. The predicted molar refractivity (Wildman–Crippen MR) is 57.2 cm³/mol. The molecule has 0 unspecified atom stereocenters. The number of carbonyl (C=O) groups is 1. The molecular formula is C8H9IN2O. The van der Waals surface area contributed by atoms with Crippen LogP contribution in [0.2, 0.25) is 0 Å². The van der Waals surface area contributed by atoms with Gasteiger partial charge in [0.2, 0.25) is 0 Å². The highest BCUT2D eigenvalue weighted by molar-refractivity contribution is 14.1. The van der Waals surface area contributed by atoms with Crippen molar-refractivity contribution < 1.29 is 4.79 Å². The third-order valence-electron chi connectivity index (χ3n) is 1.33. The molecule has 2 N–H and O–H groups in total. The molecule has 0 spiro atoms. The van der Waals surface area contributed by atoms with Crippen LogP contribution in [0.15, 0.2) is 24.3 Å². The number of carbonyl (C=O) groups excluding carboxylic acids is 1. The Morgan fingerprint density at radius 2 is 1.92 bits per heavy atom. The average molecular weight is 276 g/mol. The maximum absolute atomic E-state index is 10.8. The molecule has 1 aromatic carbocycles. The zero-order valence-electron chi connectivity index (χ0n) is 6.60. The van der Waals surface area contributed by atoms with Gasteiger partial charge in [0.1, 0.15) is 0 Å². The van der Waals surface area contributed by atoms with Crippen LogP contribution in [-0.4, -0.2) is 13.1 Å². The number of urea groups is 1. The standard InChI is InChI=1S/C8H9IN2O/c1-10-8(12)11-7-4-2-6(9)3-5-7/h2-5H,1H3,(H2,10,11,12). The van der Waals surface area contributed by atoms with Gasteiger partial charge >= 0.3 is 6.03 Å². The summed E-state index contributed by atoms with van der Waals surface area (Å²) in [5.41, 5.74) is 0.801. The molecule has 12 heavy (non-hydrogen) atoms. The van der Waals surface area contributed by atoms with E-state index in [0.29, 0.717) is 0 Å². The van der Waals surface area contributed by atoms with Crippen molar-refractivity contribution in [2.24, 2.45) is 0 Å². The minimum absolute atomic E-state index is 0.198.